The van der Waals surface area contributed by atoms with Crippen molar-refractivity contribution in [2.75, 3.05) is 45.9 Å². The molecule has 0 aliphatic carbocycles. The second kappa shape index (κ2) is 14.6. The molecule has 9 heteroatoms. The predicted molar refractivity (Wildman–Crippen MR) is 142 cm³/mol. The number of likely N-dealkylation sites (tertiary alicyclic amines) is 1. The van der Waals surface area contributed by atoms with E-state index in [1.165, 1.54) is 0 Å². The van der Waals surface area contributed by atoms with E-state index >= 15 is 0 Å². The topological polar surface area (TPSA) is 94.5 Å². The number of nitrogens with zero attached hydrogens (tertiary/aromatic N) is 1. The fraction of sp³-hybridized carbons (Fsp3) is 0.500. The van der Waals surface area contributed by atoms with Crippen LogP contribution in [0.4, 0.5) is 0 Å². The highest BCUT2D eigenvalue weighted by Gasteiger charge is 2.25. The minimum absolute atomic E-state index is 0.0254. The third-order valence-electron chi connectivity index (χ3n) is 6.13. The summed E-state index contributed by atoms with van der Waals surface area (Å²) in [6, 6.07) is 8.99. The van der Waals surface area contributed by atoms with Crippen molar-refractivity contribution in [1.29, 1.82) is 0 Å². The molecule has 0 spiro atoms. The van der Waals surface area contributed by atoms with Gasteiger partial charge in [-0.25, -0.2) is 4.79 Å². The number of ether oxygens (including phenoxy) is 4. The number of hydrogen-bond acceptors (Lipinski definition) is 6. The number of methoxy groups -OCH3 is 1. The molecule has 1 saturated heterocycles. The summed E-state index contributed by atoms with van der Waals surface area (Å²) in [6.45, 7) is 3.98. The van der Waals surface area contributed by atoms with Crippen LogP contribution in [0.5, 0.6) is 23.0 Å². The van der Waals surface area contributed by atoms with Gasteiger partial charge in [-0.15, -0.1) is 11.6 Å². The van der Waals surface area contributed by atoms with E-state index in [-0.39, 0.29) is 5.91 Å². The maximum absolute atomic E-state index is 13.0. The molecule has 1 N–H and O–H groups in total. The Labute approximate surface area is 223 Å². The highest BCUT2D eigenvalue weighted by atomic mass is 35.5. The highest BCUT2D eigenvalue weighted by Crippen LogP contribution is 2.35. The fourth-order valence-corrected chi connectivity index (χ4v) is 4.63. The average Bonchev–Trinajstić information content (AvgIpc) is 3.44. The number of carboxylic acids is 1. The number of carboxylic acid groups (broad SMARTS) is 1. The van der Waals surface area contributed by atoms with E-state index in [1.807, 2.05) is 24.0 Å². The van der Waals surface area contributed by atoms with E-state index in [4.69, 9.17) is 35.7 Å². The second-order valence-electron chi connectivity index (χ2n) is 8.78. The zero-order valence-corrected chi connectivity index (χ0v) is 22.3. The maximum Gasteiger partial charge on any atom is 0.341 e. The Hall–Kier alpha value is -3.13. The SMILES string of the molecule is CCCc1c(OCCCOc2ccc(C(=O)N3CCCC3)c(OC)c2CCCl)cccc1OCC(=O)O. The van der Waals surface area contributed by atoms with Crippen LogP contribution in [-0.4, -0.2) is 67.8 Å². The first kappa shape index (κ1) is 28.4. The molecule has 2 aromatic carbocycles. The molecule has 3 rings (SSSR count). The molecular formula is C28H36ClNO7. The average molecular weight is 534 g/mol. The van der Waals surface area contributed by atoms with E-state index < -0.39 is 12.6 Å². The van der Waals surface area contributed by atoms with E-state index in [0.29, 0.717) is 66.9 Å². The largest absolute Gasteiger partial charge is 0.495 e. The minimum Gasteiger partial charge on any atom is -0.495 e. The van der Waals surface area contributed by atoms with Gasteiger partial charge in [-0.3, -0.25) is 4.79 Å². The smallest absolute Gasteiger partial charge is 0.341 e. The fourth-order valence-electron chi connectivity index (χ4n) is 4.44. The quantitative estimate of drug-likeness (QED) is 0.255. The molecule has 0 unspecified atom stereocenters. The third kappa shape index (κ3) is 7.68. The van der Waals surface area contributed by atoms with Crippen molar-refractivity contribution < 1.29 is 33.6 Å². The van der Waals surface area contributed by atoms with E-state index in [2.05, 4.69) is 0 Å². The first-order chi connectivity index (χ1) is 18.0. The van der Waals surface area contributed by atoms with Gasteiger partial charge in [-0.2, -0.15) is 0 Å². The minimum atomic E-state index is -1.02. The second-order valence-corrected chi connectivity index (χ2v) is 9.16. The summed E-state index contributed by atoms with van der Waals surface area (Å²) in [7, 11) is 1.56. The van der Waals surface area contributed by atoms with Crippen molar-refractivity contribution in [3.8, 4) is 23.0 Å². The van der Waals surface area contributed by atoms with Crippen molar-refractivity contribution >= 4 is 23.5 Å². The molecule has 0 atom stereocenters. The number of carbonyl (C=O) groups excluding carboxylic acids is 1. The lowest BCUT2D eigenvalue weighted by molar-refractivity contribution is -0.139. The Morgan fingerprint density at radius 3 is 2.19 bits per heavy atom. The maximum atomic E-state index is 13.0. The van der Waals surface area contributed by atoms with Crippen LogP contribution in [0.3, 0.4) is 0 Å². The zero-order valence-electron chi connectivity index (χ0n) is 21.6. The number of benzene rings is 2. The Kier molecular flexibility index (Phi) is 11.2. The normalized spacial score (nSPS) is 12.9. The molecule has 1 aliphatic heterocycles. The molecule has 0 aromatic heterocycles. The Bertz CT molecular complexity index is 1050. The molecule has 8 nitrogen and oxygen atoms in total. The lowest BCUT2D eigenvalue weighted by Gasteiger charge is -2.21. The summed E-state index contributed by atoms with van der Waals surface area (Å²) in [5.41, 5.74) is 2.19. The summed E-state index contributed by atoms with van der Waals surface area (Å²) in [6.07, 6.45) is 4.75. The molecule has 0 radical (unpaired) electrons. The number of halogens is 1. The van der Waals surface area contributed by atoms with Gasteiger partial charge < -0.3 is 29.0 Å². The van der Waals surface area contributed by atoms with Gasteiger partial charge in [0.05, 0.1) is 25.9 Å². The van der Waals surface area contributed by atoms with E-state index in [9.17, 15) is 9.59 Å². The van der Waals surface area contributed by atoms with Crippen LogP contribution < -0.4 is 18.9 Å². The van der Waals surface area contributed by atoms with Gasteiger partial charge in [-0.1, -0.05) is 19.4 Å². The number of amides is 1. The lowest BCUT2D eigenvalue weighted by atomic mass is 10.0. The van der Waals surface area contributed by atoms with Gasteiger partial charge in [0, 0.05) is 36.5 Å². The van der Waals surface area contributed by atoms with Crippen LogP contribution in [0.1, 0.15) is 54.1 Å². The lowest BCUT2D eigenvalue weighted by Crippen LogP contribution is -2.28. The Morgan fingerprint density at radius 2 is 1.59 bits per heavy atom. The Morgan fingerprint density at radius 1 is 0.946 bits per heavy atom. The molecule has 202 valence electrons. The first-order valence-electron chi connectivity index (χ1n) is 12.8. The van der Waals surface area contributed by atoms with Gasteiger partial charge in [0.1, 0.15) is 23.0 Å². The number of aliphatic carboxylic acids is 1. The number of carbonyl (C=O) groups is 2. The molecule has 0 saturated carbocycles. The van der Waals surface area contributed by atoms with Gasteiger partial charge >= 0.3 is 5.97 Å². The molecule has 1 fully saturated rings. The van der Waals surface area contributed by atoms with E-state index in [0.717, 1.165) is 43.5 Å². The standard InChI is InChI=1S/C28H36ClNO7/c1-3-8-20-23(9-6-10-24(20)37-19-26(31)32)35-17-7-18-36-25-12-11-22(27(34-2)21(25)13-14-29)28(33)30-15-4-5-16-30/h6,9-12H,3-5,7-8,13-19H2,1-2H3,(H,31,32). The summed E-state index contributed by atoms with van der Waals surface area (Å²) in [5.74, 6) is 1.70. The molecule has 0 bridgehead atoms. The van der Waals surface area contributed by atoms with Crippen molar-refractivity contribution in [2.24, 2.45) is 0 Å². The number of alkyl halides is 1. The summed E-state index contributed by atoms with van der Waals surface area (Å²) in [5, 5.41) is 8.93. The van der Waals surface area contributed by atoms with Crippen molar-refractivity contribution in [3.63, 3.8) is 0 Å². The third-order valence-corrected chi connectivity index (χ3v) is 6.32. The van der Waals surface area contributed by atoms with Crippen molar-refractivity contribution in [3.05, 3.63) is 47.0 Å². The Balaban J connectivity index is 1.63. The predicted octanol–water partition coefficient (Wildman–Crippen LogP) is 4.98. The van der Waals surface area contributed by atoms with Crippen LogP contribution in [0.2, 0.25) is 0 Å². The number of hydrogen-bond donors (Lipinski definition) is 1. The monoisotopic (exact) mass is 533 g/mol. The molecule has 1 heterocycles. The first-order valence-corrected chi connectivity index (χ1v) is 13.3. The van der Waals surface area contributed by atoms with Crippen LogP contribution in [0, 0.1) is 0 Å². The van der Waals surface area contributed by atoms with Crippen molar-refractivity contribution in [2.45, 2.75) is 45.4 Å². The summed E-state index contributed by atoms with van der Waals surface area (Å²) in [4.78, 5) is 25.8. The van der Waals surface area contributed by atoms with Gasteiger partial charge in [0.2, 0.25) is 0 Å². The van der Waals surface area contributed by atoms with Crippen molar-refractivity contribution in [1.82, 2.24) is 4.90 Å². The number of rotatable bonds is 15. The highest BCUT2D eigenvalue weighted by molar-refractivity contribution is 6.18. The van der Waals surface area contributed by atoms with Gasteiger partial charge in [0.15, 0.2) is 6.61 Å². The van der Waals surface area contributed by atoms with Gasteiger partial charge in [-0.05, 0) is 49.9 Å². The summed E-state index contributed by atoms with van der Waals surface area (Å²) >= 11 is 6.07. The van der Waals surface area contributed by atoms with Crippen LogP contribution in [0.15, 0.2) is 30.3 Å². The van der Waals surface area contributed by atoms with Crippen LogP contribution in [-0.2, 0) is 17.6 Å². The molecule has 37 heavy (non-hydrogen) atoms. The molecular weight excluding hydrogens is 498 g/mol. The zero-order chi connectivity index (χ0) is 26.6. The van der Waals surface area contributed by atoms with Crippen LogP contribution in [0.25, 0.3) is 0 Å². The molecule has 2 aromatic rings. The molecule has 1 aliphatic rings. The van der Waals surface area contributed by atoms with Gasteiger partial charge in [0.25, 0.3) is 5.91 Å². The summed E-state index contributed by atoms with van der Waals surface area (Å²) < 4.78 is 23.2. The van der Waals surface area contributed by atoms with E-state index in [1.54, 1.807) is 25.3 Å². The molecule has 1 amide bonds. The van der Waals surface area contributed by atoms with Crippen LogP contribution >= 0.6 is 11.6 Å².